The number of carbonyl (C=O) groups is 1. The van der Waals surface area contributed by atoms with Gasteiger partial charge in [-0.25, -0.2) is 4.98 Å². The monoisotopic (exact) mass is 454 g/mol. The lowest BCUT2D eigenvalue weighted by Gasteiger charge is -2.33. The van der Waals surface area contributed by atoms with Gasteiger partial charge in [0.15, 0.2) is 0 Å². The minimum absolute atomic E-state index is 0.126. The van der Waals surface area contributed by atoms with Crippen LogP contribution in [0.25, 0.3) is 0 Å². The molecule has 2 aliphatic rings. The molecule has 1 unspecified atom stereocenters. The molecule has 1 atom stereocenters. The number of aromatic nitrogens is 1. The van der Waals surface area contributed by atoms with E-state index in [0.717, 1.165) is 17.6 Å². The quantitative estimate of drug-likeness (QED) is 0.455. The number of piperidine rings is 1. The third-order valence-corrected chi connectivity index (χ3v) is 8.24. The third-order valence-electron chi connectivity index (χ3n) is 5.14. The van der Waals surface area contributed by atoms with E-state index in [1.54, 1.807) is 12.1 Å². The Bertz CT molecular complexity index is 887. The number of benzene rings is 1. The van der Waals surface area contributed by atoms with E-state index < -0.39 is 23.6 Å². The molecule has 3 heterocycles. The van der Waals surface area contributed by atoms with Gasteiger partial charge < -0.3 is 9.64 Å². The maximum atomic E-state index is 13.3. The minimum atomic E-state index is -4.49. The van der Waals surface area contributed by atoms with Crippen LogP contribution in [-0.4, -0.2) is 35.5 Å². The van der Waals surface area contributed by atoms with Crippen LogP contribution in [0, 0.1) is 5.92 Å². The lowest BCUT2D eigenvalue weighted by Crippen LogP contribution is -2.41. The highest BCUT2D eigenvalue weighted by atomic mass is 32.2. The van der Waals surface area contributed by atoms with Gasteiger partial charge in [-0.2, -0.15) is 13.2 Å². The summed E-state index contributed by atoms with van der Waals surface area (Å²) in [4.78, 5) is 18.1. The second-order valence-electron chi connectivity index (χ2n) is 7.22. The molecule has 0 spiro atoms. The Balaban J connectivity index is 1.42. The third kappa shape index (κ3) is 4.88. The lowest BCUT2D eigenvalue weighted by molar-refractivity contribution is -0.139. The first-order chi connectivity index (χ1) is 14.4. The molecule has 0 radical (unpaired) electrons. The summed E-state index contributed by atoms with van der Waals surface area (Å²) >= 11 is 3.81. The highest BCUT2D eigenvalue weighted by molar-refractivity contribution is 8.19. The number of pyridine rings is 1. The molecule has 0 bridgehead atoms. The lowest BCUT2D eigenvalue weighted by atomic mass is 9.97. The molecular formula is C21H21F3N2O2S2. The summed E-state index contributed by atoms with van der Waals surface area (Å²) in [5.41, 5.74) is 0.415. The van der Waals surface area contributed by atoms with Gasteiger partial charge >= 0.3 is 12.1 Å². The van der Waals surface area contributed by atoms with Crippen molar-refractivity contribution in [3.8, 4) is 5.75 Å². The van der Waals surface area contributed by atoms with Crippen LogP contribution in [0.4, 0.5) is 19.0 Å². The predicted molar refractivity (Wildman–Crippen MR) is 114 cm³/mol. The zero-order valence-corrected chi connectivity index (χ0v) is 17.7. The summed E-state index contributed by atoms with van der Waals surface area (Å²) in [6.45, 7) is 0.585. The highest BCUT2D eigenvalue weighted by Crippen LogP contribution is 2.45. The number of thioether (sulfide) groups is 2. The van der Waals surface area contributed by atoms with Gasteiger partial charge in [0.05, 0.1) is 16.1 Å². The van der Waals surface area contributed by atoms with E-state index in [-0.39, 0.29) is 12.4 Å². The molecule has 2 fully saturated rings. The number of hydrogen-bond donors (Lipinski definition) is 0. The molecule has 1 aromatic carbocycles. The Hall–Kier alpha value is -1.87. The molecule has 0 aliphatic carbocycles. The van der Waals surface area contributed by atoms with Crippen LogP contribution in [0.1, 0.15) is 28.6 Å². The number of carbonyl (C=O) groups excluding carboxylic acids is 1. The summed E-state index contributed by atoms with van der Waals surface area (Å²) in [7, 11) is 0. The van der Waals surface area contributed by atoms with Crippen molar-refractivity contribution >= 4 is 35.3 Å². The van der Waals surface area contributed by atoms with Crippen LogP contribution in [0.15, 0.2) is 42.6 Å². The Kier molecular flexibility index (Phi) is 6.48. The molecule has 0 saturated carbocycles. The van der Waals surface area contributed by atoms with E-state index in [4.69, 9.17) is 4.74 Å². The van der Waals surface area contributed by atoms with E-state index in [9.17, 15) is 18.0 Å². The number of halogens is 3. The molecule has 4 rings (SSSR count). The molecule has 1 aromatic heterocycles. The van der Waals surface area contributed by atoms with Crippen molar-refractivity contribution < 1.29 is 22.7 Å². The Labute approximate surface area is 181 Å². The number of alkyl halides is 3. The number of anilines is 1. The second kappa shape index (κ2) is 9.09. The number of nitrogens with zero attached hydrogens (tertiary/aromatic N) is 2. The van der Waals surface area contributed by atoms with Crippen LogP contribution in [0.5, 0.6) is 5.75 Å². The highest BCUT2D eigenvalue weighted by Gasteiger charge is 2.37. The van der Waals surface area contributed by atoms with Crippen molar-refractivity contribution in [1.82, 2.24) is 4.98 Å². The number of ether oxygens (including phenoxy) is 1. The Morgan fingerprint density at radius 2 is 1.87 bits per heavy atom. The van der Waals surface area contributed by atoms with Crippen molar-refractivity contribution in [2.24, 2.45) is 5.92 Å². The number of hydrogen-bond acceptors (Lipinski definition) is 6. The summed E-state index contributed by atoms with van der Waals surface area (Å²) in [6, 6.07) is 9.80. The standard InChI is InChI=1S/C21H21F3N2O2S2/c22-21(23,24)17-4-1-9-25-18(17)26-10-2-3-15(13-26)19(27)28-16-7-5-14(6-8-16)20-29-11-12-30-20/h1,4-9,15,20H,2-3,10-13H2. The first-order valence-electron chi connectivity index (χ1n) is 9.74. The zero-order chi connectivity index (χ0) is 21.1. The van der Waals surface area contributed by atoms with E-state index >= 15 is 0 Å². The molecule has 2 saturated heterocycles. The van der Waals surface area contributed by atoms with E-state index in [0.29, 0.717) is 29.7 Å². The molecule has 160 valence electrons. The van der Waals surface area contributed by atoms with Crippen LogP contribution in [0.2, 0.25) is 0 Å². The molecule has 9 heteroatoms. The van der Waals surface area contributed by atoms with Crippen LogP contribution < -0.4 is 9.64 Å². The van der Waals surface area contributed by atoms with Crippen molar-refractivity contribution in [1.29, 1.82) is 0 Å². The van der Waals surface area contributed by atoms with Gasteiger partial charge in [0.2, 0.25) is 0 Å². The fraction of sp³-hybridized carbons (Fsp3) is 0.429. The molecule has 4 nitrogen and oxygen atoms in total. The van der Waals surface area contributed by atoms with Crippen LogP contribution in [-0.2, 0) is 11.0 Å². The first-order valence-corrected chi connectivity index (χ1v) is 11.8. The van der Waals surface area contributed by atoms with Gasteiger partial charge in [0.25, 0.3) is 0 Å². The average molecular weight is 455 g/mol. The maximum absolute atomic E-state index is 13.3. The summed E-state index contributed by atoms with van der Waals surface area (Å²) in [5.74, 6) is 1.69. The second-order valence-corrected chi connectivity index (χ2v) is 9.95. The van der Waals surface area contributed by atoms with Gasteiger partial charge in [-0.05, 0) is 42.7 Å². The van der Waals surface area contributed by atoms with Crippen molar-refractivity contribution in [2.75, 3.05) is 29.5 Å². The maximum Gasteiger partial charge on any atom is 0.419 e. The fourth-order valence-corrected chi connectivity index (χ4v) is 6.53. The largest absolute Gasteiger partial charge is 0.426 e. The zero-order valence-electron chi connectivity index (χ0n) is 16.1. The van der Waals surface area contributed by atoms with E-state index in [1.165, 1.54) is 22.7 Å². The van der Waals surface area contributed by atoms with Gasteiger partial charge in [0, 0.05) is 30.8 Å². The van der Waals surface area contributed by atoms with Crippen LogP contribution >= 0.6 is 23.5 Å². The number of rotatable bonds is 4. The van der Waals surface area contributed by atoms with Crippen molar-refractivity contribution in [3.63, 3.8) is 0 Å². The minimum Gasteiger partial charge on any atom is -0.426 e. The van der Waals surface area contributed by atoms with Crippen LogP contribution in [0.3, 0.4) is 0 Å². The predicted octanol–water partition coefficient (Wildman–Crippen LogP) is 5.40. The SMILES string of the molecule is O=C(Oc1ccc(C2SCCS2)cc1)C1CCCN(c2ncccc2C(F)(F)F)C1. The Morgan fingerprint density at radius 1 is 1.13 bits per heavy atom. The van der Waals surface area contributed by atoms with E-state index in [1.807, 2.05) is 35.7 Å². The number of esters is 1. The van der Waals surface area contributed by atoms with Crippen molar-refractivity contribution in [3.05, 3.63) is 53.7 Å². The summed E-state index contributed by atoms with van der Waals surface area (Å²) in [6.07, 6.45) is -1.97. The van der Waals surface area contributed by atoms with E-state index in [2.05, 4.69) is 4.98 Å². The van der Waals surface area contributed by atoms with Gasteiger partial charge in [-0.15, -0.1) is 23.5 Å². The van der Waals surface area contributed by atoms with Gasteiger partial charge in [-0.1, -0.05) is 12.1 Å². The Morgan fingerprint density at radius 3 is 2.57 bits per heavy atom. The molecule has 2 aliphatic heterocycles. The first kappa shape index (κ1) is 21.4. The topological polar surface area (TPSA) is 42.4 Å². The fourth-order valence-electron chi connectivity index (χ4n) is 3.68. The smallest absolute Gasteiger partial charge is 0.419 e. The van der Waals surface area contributed by atoms with Gasteiger partial charge in [0.1, 0.15) is 11.6 Å². The average Bonchev–Trinajstić information content (AvgIpc) is 3.29. The molecule has 30 heavy (non-hydrogen) atoms. The summed E-state index contributed by atoms with van der Waals surface area (Å²) < 4.78 is 45.9. The summed E-state index contributed by atoms with van der Waals surface area (Å²) in [5, 5.41) is 0. The van der Waals surface area contributed by atoms with Gasteiger partial charge in [-0.3, -0.25) is 4.79 Å². The molecule has 0 N–H and O–H groups in total. The molecule has 2 aromatic rings. The molecule has 0 amide bonds. The molecular weight excluding hydrogens is 433 g/mol. The normalized spacial score (nSPS) is 20.4. The van der Waals surface area contributed by atoms with Crippen molar-refractivity contribution in [2.45, 2.75) is 23.6 Å².